The number of hydrogen-bond donors (Lipinski definition) is 2. The highest BCUT2D eigenvalue weighted by atomic mass is 32.2. The second kappa shape index (κ2) is 12.0. The zero-order chi connectivity index (χ0) is 22.1. The number of methoxy groups -OCH3 is 1. The van der Waals surface area contributed by atoms with E-state index in [4.69, 9.17) is 9.84 Å². The molecule has 0 saturated heterocycles. The van der Waals surface area contributed by atoms with Gasteiger partial charge < -0.3 is 14.7 Å². The number of urea groups is 1. The van der Waals surface area contributed by atoms with Crippen LogP contribution in [0.2, 0.25) is 0 Å². The first-order chi connectivity index (χ1) is 15.0. The molecular weight excluding hydrogens is 434 g/mol. The van der Waals surface area contributed by atoms with E-state index in [1.165, 1.54) is 35.1 Å². The summed E-state index contributed by atoms with van der Waals surface area (Å²) < 4.78 is 6.08. The number of carboxylic acids is 1. The Morgan fingerprint density at radius 2 is 2.13 bits per heavy atom. The molecule has 0 spiro atoms. The van der Waals surface area contributed by atoms with Gasteiger partial charge in [-0.05, 0) is 43.4 Å². The Hall–Kier alpha value is -2.26. The van der Waals surface area contributed by atoms with Crippen molar-refractivity contribution in [1.82, 2.24) is 9.88 Å². The maximum atomic E-state index is 13.1. The van der Waals surface area contributed by atoms with Crippen molar-refractivity contribution >= 4 is 40.2 Å². The summed E-state index contributed by atoms with van der Waals surface area (Å²) in [6, 6.07) is 8.17. The van der Waals surface area contributed by atoms with Gasteiger partial charge in [0.25, 0.3) is 0 Å². The maximum Gasteiger partial charge on any atom is 0.323 e. The lowest BCUT2D eigenvalue weighted by molar-refractivity contribution is -0.133. The van der Waals surface area contributed by atoms with Crippen LogP contribution in [-0.4, -0.2) is 52.4 Å². The average molecular weight is 464 g/mol. The highest BCUT2D eigenvalue weighted by molar-refractivity contribution is 8.01. The molecule has 1 aliphatic rings. The van der Waals surface area contributed by atoms with Gasteiger partial charge in [-0.2, -0.15) is 0 Å². The third kappa shape index (κ3) is 7.43. The average Bonchev–Trinajstić information content (AvgIpc) is 3.23. The van der Waals surface area contributed by atoms with E-state index in [2.05, 4.69) is 16.4 Å². The lowest BCUT2D eigenvalue weighted by Gasteiger charge is -2.34. The van der Waals surface area contributed by atoms with Crippen LogP contribution in [0.15, 0.2) is 34.7 Å². The van der Waals surface area contributed by atoms with Gasteiger partial charge in [0, 0.05) is 12.6 Å². The Bertz CT molecular complexity index is 868. The molecule has 1 aromatic carbocycles. The van der Waals surface area contributed by atoms with Crippen LogP contribution in [0.4, 0.5) is 9.93 Å². The van der Waals surface area contributed by atoms with Gasteiger partial charge in [0.1, 0.15) is 5.75 Å². The first-order valence-electron chi connectivity index (χ1n) is 10.6. The molecule has 1 aliphatic carbocycles. The quantitative estimate of drug-likeness (QED) is 0.475. The fraction of sp³-hybridized carbons (Fsp3) is 0.500. The summed E-state index contributed by atoms with van der Waals surface area (Å²) >= 11 is 2.52. The van der Waals surface area contributed by atoms with Gasteiger partial charge in [-0.1, -0.05) is 42.7 Å². The van der Waals surface area contributed by atoms with Gasteiger partial charge in [0.05, 0.1) is 23.3 Å². The summed E-state index contributed by atoms with van der Waals surface area (Å²) in [6.45, 7) is 0.680. The van der Waals surface area contributed by atoms with Crippen LogP contribution in [-0.2, 0) is 11.2 Å². The zero-order valence-electron chi connectivity index (χ0n) is 17.7. The van der Waals surface area contributed by atoms with Crippen LogP contribution in [0.5, 0.6) is 5.75 Å². The molecule has 2 aromatic rings. The predicted molar refractivity (Wildman–Crippen MR) is 124 cm³/mol. The van der Waals surface area contributed by atoms with Crippen LogP contribution < -0.4 is 10.1 Å². The summed E-state index contributed by atoms with van der Waals surface area (Å²) in [5.41, 5.74) is 1.20. The van der Waals surface area contributed by atoms with Crippen LogP contribution >= 0.6 is 23.1 Å². The zero-order valence-corrected chi connectivity index (χ0v) is 19.3. The molecule has 1 saturated carbocycles. The van der Waals surface area contributed by atoms with E-state index in [0.29, 0.717) is 11.7 Å². The van der Waals surface area contributed by atoms with Crippen LogP contribution in [0, 0.1) is 0 Å². The highest BCUT2D eigenvalue weighted by Gasteiger charge is 2.25. The number of carbonyl (C=O) groups excluding carboxylic acids is 1. The lowest BCUT2D eigenvalue weighted by atomic mass is 9.94. The number of hydrogen-bond acceptors (Lipinski definition) is 6. The summed E-state index contributed by atoms with van der Waals surface area (Å²) in [5, 5.41) is 12.3. The Kier molecular flexibility index (Phi) is 9.02. The van der Waals surface area contributed by atoms with Crippen LogP contribution in [0.3, 0.4) is 0 Å². The standard InChI is InChI=1S/C22H29N3O4S2/c1-29-18-11-5-7-16(13-18)8-6-12-25(17-9-3-2-4-10-17)22(28)24-21-23-14-20(31-21)30-15-19(26)27/h5,7,11,13-14,17H,2-4,6,8-10,12,15H2,1H3,(H,26,27)(H,23,24,28). The number of amides is 2. The van der Waals surface area contributed by atoms with Gasteiger partial charge in [0.2, 0.25) is 0 Å². The van der Waals surface area contributed by atoms with Crippen molar-refractivity contribution in [3.8, 4) is 5.75 Å². The normalized spacial score (nSPS) is 14.2. The van der Waals surface area contributed by atoms with Crippen LogP contribution in [0.1, 0.15) is 44.1 Å². The van der Waals surface area contributed by atoms with E-state index < -0.39 is 5.97 Å². The van der Waals surface area contributed by atoms with Crippen molar-refractivity contribution < 1.29 is 19.4 Å². The molecule has 0 bridgehead atoms. The van der Waals surface area contributed by atoms with E-state index in [9.17, 15) is 9.59 Å². The summed E-state index contributed by atoms with van der Waals surface area (Å²) in [7, 11) is 1.67. The third-order valence-electron chi connectivity index (χ3n) is 5.31. The predicted octanol–water partition coefficient (Wildman–Crippen LogP) is 5.13. The number of aromatic nitrogens is 1. The molecule has 1 fully saturated rings. The molecule has 31 heavy (non-hydrogen) atoms. The van der Waals surface area contributed by atoms with Gasteiger partial charge in [-0.25, -0.2) is 9.78 Å². The van der Waals surface area contributed by atoms with Crippen molar-refractivity contribution in [2.45, 2.75) is 55.2 Å². The minimum absolute atomic E-state index is 0.0198. The Labute approximate surface area is 191 Å². The van der Waals surface area contributed by atoms with Crippen LogP contribution in [0.25, 0.3) is 0 Å². The first-order valence-corrected chi connectivity index (χ1v) is 12.4. The molecule has 0 atom stereocenters. The number of aliphatic carboxylic acids is 1. The van der Waals surface area contributed by atoms with Crippen molar-refractivity contribution in [2.75, 3.05) is 24.7 Å². The molecule has 1 heterocycles. The summed E-state index contributed by atoms with van der Waals surface area (Å²) in [4.78, 5) is 30.0. The van der Waals surface area contributed by atoms with Gasteiger partial charge in [-0.3, -0.25) is 10.1 Å². The number of aryl methyl sites for hydroxylation is 1. The van der Waals surface area contributed by atoms with E-state index in [-0.39, 0.29) is 17.8 Å². The fourth-order valence-corrected chi connectivity index (χ4v) is 5.39. The molecule has 168 valence electrons. The van der Waals surface area contributed by atoms with Crippen molar-refractivity contribution in [2.24, 2.45) is 0 Å². The first kappa shape index (κ1) is 23.4. The molecule has 0 aliphatic heterocycles. The number of thiazole rings is 1. The second-order valence-electron chi connectivity index (χ2n) is 7.54. The monoisotopic (exact) mass is 463 g/mol. The van der Waals surface area contributed by atoms with Gasteiger partial charge in [-0.15, -0.1) is 11.8 Å². The Balaban J connectivity index is 1.59. The van der Waals surface area contributed by atoms with Gasteiger partial charge >= 0.3 is 12.0 Å². The number of benzene rings is 1. The topological polar surface area (TPSA) is 91.8 Å². The number of rotatable bonds is 10. The van der Waals surface area contributed by atoms with Crippen molar-refractivity contribution in [1.29, 1.82) is 0 Å². The number of nitrogens with zero attached hydrogens (tertiary/aromatic N) is 2. The van der Waals surface area contributed by atoms with Crippen molar-refractivity contribution in [3.63, 3.8) is 0 Å². The lowest BCUT2D eigenvalue weighted by Crippen LogP contribution is -2.44. The third-order valence-corrected chi connectivity index (χ3v) is 7.40. The maximum absolute atomic E-state index is 13.1. The molecule has 9 heteroatoms. The number of ether oxygens (including phenoxy) is 1. The largest absolute Gasteiger partial charge is 0.497 e. The second-order valence-corrected chi connectivity index (χ2v) is 9.84. The number of anilines is 1. The minimum atomic E-state index is -0.872. The minimum Gasteiger partial charge on any atom is -0.497 e. The van der Waals surface area contributed by atoms with Gasteiger partial charge in [0.15, 0.2) is 5.13 Å². The van der Waals surface area contributed by atoms with E-state index in [1.54, 1.807) is 13.3 Å². The number of carboxylic acid groups (broad SMARTS) is 1. The fourth-order valence-electron chi connectivity index (χ4n) is 3.80. The van der Waals surface area contributed by atoms with E-state index >= 15 is 0 Å². The highest BCUT2D eigenvalue weighted by Crippen LogP contribution is 2.29. The number of carbonyl (C=O) groups is 2. The Morgan fingerprint density at radius 1 is 1.32 bits per heavy atom. The SMILES string of the molecule is COc1cccc(CCCN(C(=O)Nc2ncc(SCC(=O)O)s2)C2CCCCC2)c1. The molecule has 0 radical (unpaired) electrons. The van der Waals surface area contributed by atoms with Crippen molar-refractivity contribution in [3.05, 3.63) is 36.0 Å². The molecule has 2 N–H and O–H groups in total. The molecule has 1 aromatic heterocycles. The molecular formula is C22H29N3O4S2. The smallest absolute Gasteiger partial charge is 0.323 e. The number of thioether (sulfide) groups is 1. The number of nitrogens with one attached hydrogen (secondary N) is 1. The van der Waals surface area contributed by atoms with E-state index in [0.717, 1.165) is 48.5 Å². The molecule has 7 nitrogen and oxygen atoms in total. The van der Waals surface area contributed by atoms with E-state index in [1.807, 2.05) is 23.1 Å². The molecule has 2 amide bonds. The summed E-state index contributed by atoms with van der Waals surface area (Å²) in [6.07, 6.45) is 8.95. The molecule has 0 unspecified atom stereocenters. The molecule has 3 rings (SSSR count). The Morgan fingerprint density at radius 3 is 2.87 bits per heavy atom. The summed E-state index contributed by atoms with van der Waals surface area (Å²) in [5.74, 6) is -0.0446.